The van der Waals surface area contributed by atoms with Crippen LogP contribution in [0.1, 0.15) is 45.6 Å². The van der Waals surface area contributed by atoms with Gasteiger partial charge in [0.1, 0.15) is 5.82 Å². The maximum atomic E-state index is 14.1. The van der Waals surface area contributed by atoms with Gasteiger partial charge in [0.25, 0.3) is 0 Å². The van der Waals surface area contributed by atoms with E-state index in [1.165, 1.54) is 6.07 Å². The molecule has 0 heterocycles. The van der Waals surface area contributed by atoms with Crippen molar-refractivity contribution in [1.82, 2.24) is 15.5 Å². The Morgan fingerprint density at radius 2 is 2.07 bits per heavy atom. The molecule has 1 aromatic carbocycles. The normalized spacial score (nSPS) is 19.1. The van der Waals surface area contributed by atoms with Crippen molar-refractivity contribution in [2.24, 2.45) is 4.99 Å². The molecule has 2 rings (SSSR count). The van der Waals surface area contributed by atoms with Gasteiger partial charge in [-0.15, -0.1) is 24.0 Å². The topological polar surface area (TPSA) is 56.7 Å². The monoisotopic (exact) mass is 510 g/mol. The van der Waals surface area contributed by atoms with Crippen LogP contribution in [0.2, 0.25) is 5.02 Å². The highest BCUT2D eigenvalue weighted by Gasteiger charge is 2.42. The van der Waals surface area contributed by atoms with Gasteiger partial charge in [0.2, 0.25) is 5.91 Å². The minimum atomic E-state index is -0.281. The number of likely N-dealkylation sites (N-methyl/N-ethyl adjacent to an activating group) is 1. The molecule has 0 bridgehead atoms. The first-order chi connectivity index (χ1) is 12.1. The molecular formula is C19H29ClFIN4O. The second-order valence-corrected chi connectivity index (χ2v) is 8.09. The second kappa shape index (κ2) is 9.91. The van der Waals surface area contributed by atoms with Gasteiger partial charge in [0.05, 0.1) is 6.54 Å². The number of aliphatic imine (C=N–C) groups is 1. The fourth-order valence-electron chi connectivity index (χ4n) is 2.88. The van der Waals surface area contributed by atoms with Gasteiger partial charge in [0, 0.05) is 41.7 Å². The molecule has 0 spiro atoms. The zero-order valence-corrected chi connectivity index (χ0v) is 19.6. The second-order valence-electron chi connectivity index (χ2n) is 7.68. The average Bonchev–Trinajstić information content (AvgIpc) is 3.23. The van der Waals surface area contributed by atoms with Crippen LogP contribution in [0.25, 0.3) is 0 Å². The maximum absolute atomic E-state index is 14.1. The summed E-state index contributed by atoms with van der Waals surface area (Å²) < 4.78 is 14.1. The Morgan fingerprint density at radius 1 is 1.41 bits per heavy atom. The SMILES string of the molecule is CCN=C(NC1CC1c1c(F)cccc1Cl)N(C)CC(=O)NC(C)(C)C.I. The van der Waals surface area contributed by atoms with Crippen molar-refractivity contribution in [1.29, 1.82) is 0 Å². The Morgan fingerprint density at radius 3 is 2.63 bits per heavy atom. The molecule has 5 nitrogen and oxygen atoms in total. The highest BCUT2D eigenvalue weighted by molar-refractivity contribution is 14.0. The third-order valence-electron chi connectivity index (χ3n) is 4.04. The molecule has 2 unspecified atom stereocenters. The Balaban J connectivity index is 0.00000364. The summed E-state index contributed by atoms with van der Waals surface area (Å²) in [5, 5.41) is 6.72. The first-order valence-corrected chi connectivity index (χ1v) is 9.27. The summed E-state index contributed by atoms with van der Waals surface area (Å²) in [6, 6.07) is 4.81. The fourth-order valence-corrected chi connectivity index (χ4v) is 3.18. The third-order valence-corrected chi connectivity index (χ3v) is 4.37. The van der Waals surface area contributed by atoms with Gasteiger partial charge in [-0.1, -0.05) is 17.7 Å². The van der Waals surface area contributed by atoms with E-state index < -0.39 is 0 Å². The molecule has 0 aromatic heterocycles. The number of nitrogens with one attached hydrogen (secondary N) is 2. The van der Waals surface area contributed by atoms with E-state index in [0.717, 1.165) is 6.42 Å². The van der Waals surface area contributed by atoms with Gasteiger partial charge in [-0.3, -0.25) is 9.79 Å². The van der Waals surface area contributed by atoms with E-state index in [1.807, 2.05) is 34.7 Å². The first-order valence-electron chi connectivity index (χ1n) is 8.89. The van der Waals surface area contributed by atoms with Crippen LogP contribution in [-0.4, -0.2) is 48.5 Å². The summed E-state index contributed by atoms with van der Waals surface area (Å²) in [5.74, 6) is 0.299. The molecule has 152 valence electrons. The number of benzene rings is 1. The Hall–Kier alpha value is -1.09. The van der Waals surface area contributed by atoms with E-state index in [-0.39, 0.29) is 59.7 Å². The van der Waals surface area contributed by atoms with Crippen LogP contribution in [0.4, 0.5) is 4.39 Å². The van der Waals surface area contributed by atoms with Gasteiger partial charge in [0.15, 0.2) is 5.96 Å². The van der Waals surface area contributed by atoms with Crippen LogP contribution in [0.5, 0.6) is 0 Å². The average molecular weight is 511 g/mol. The molecule has 2 atom stereocenters. The number of rotatable bonds is 5. The van der Waals surface area contributed by atoms with Crippen molar-refractivity contribution in [3.05, 3.63) is 34.6 Å². The number of hydrogen-bond donors (Lipinski definition) is 2. The molecule has 1 aliphatic rings. The molecule has 0 aliphatic heterocycles. The predicted octanol–water partition coefficient (Wildman–Crippen LogP) is 3.77. The summed E-state index contributed by atoms with van der Waals surface area (Å²) in [7, 11) is 1.82. The van der Waals surface area contributed by atoms with Gasteiger partial charge in [-0.25, -0.2) is 4.39 Å². The quantitative estimate of drug-likeness (QED) is 0.360. The fraction of sp³-hybridized carbons (Fsp3) is 0.579. The lowest BCUT2D eigenvalue weighted by Crippen LogP contribution is -2.49. The zero-order valence-electron chi connectivity index (χ0n) is 16.5. The molecule has 8 heteroatoms. The Labute approximate surface area is 183 Å². The summed E-state index contributed by atoms with van der Waals surface area (Å²) in [6.07, 6.45) is 0.783. The van der Waals surface area contributed by atoms with Gasteiger partial charge >= 0.3 is 0 Å². The zero-order chi connectivity index (χ0) is 19.5. The number of guanidine groups is 1. The largest absolute Gasteiger partial charge is 0.353 e. The molecule has 1 aliphatic carbocycles. The number of halogens is 3. The van der Waals surface area contributed by atoms with Crippen LogP contribution in [0.3, 0.4) is 0 Å². The predicted molar refractivity (Wildman–Crippen MR) is 120 cm³/mol. The number of amides is 1. The summed E-state index contributed by atoms with van der Waals surface area (Å²) >= 11 is 6.16. The van der Waals surface area contributed by atoms with Crippen molar-refractivity contribution < 1.29 is 9.18 Å². The standard InChI is InChI=1S/C19H28ClFN4O.HI/c1-6-22-18(25(5)11-16(26)24-19(2,3)4)23-15-10-12(15)17-13(20)8-7-9-14(17)21;/h7-9,12,15H,6,10-11H2,1-5H3,(H,22,23)(H,24,26);1H. The summed E-state index contributed by atoms with van der Waals surface area (Å²) in [6.45, 7) is 8.54. The number of carbonyl (C=O) groups is 1. The lowest BCUT2D eigenvalue weighted by Gasteiger charge is -2.25. The van der Waals surface area contributed by atoms with E-state index >= 15 is 0 Å². The van der Waals surface area contributed by atoms with Crippen molar-refractivity contribution in [2.45, 2.75) is 51.6 Å². The Bertz CT molecular complexity index is 673. The van der Waals surface area contributed by atoms with E-state index in [4.69, 9.17) is 11.6 Å². The highest BCUT2D eigenvalue weighted by atomic mass is 127. The van der Waals surface area contributed by atoms with E-state index in [0.29, 0.717) is 23.1 Å². The molecule has 1 fully saturated rings. The molecule has 27 heavy (non-hydrogen) atoms. The molecule has 1 aromatic rings. The van der Waals surface area contributed by atoms with Crippen LogP contribution in [0.15, 0.2) is 23.2 Å². The molecule has 2 N–H and O–H groups in total. The highest BCUT2D eigenvalue weighted by Crippen LogP contribution is 2.44. The van der Waals surface area contributed by atoms with E-state index in [2.05, 4.69) is 15.6 Å². The summed E-state index contributed by atoms with van der Waals surface area (Å²) in [5.41, 5.74) is 0.270. The minimum Gasteiger partial charge on any atom is -0.353 e. The third kappa shape index (κ3) is 7.10. The molecular weight excluding hydrogens is 482 g/mol. The Kier molecular flexibility index (Phi) is 8.79. The lowest BCUT2D eigenvalue weighted by atomic mass is 10.1. The number of hydrogen-bond acceptors (Lipinski definition) is 2. The van der Waals surface area contributed by atoms with Crippen molar-refractivity contribution in [3.8, 4) is 0 Å². The summed E-state index contributed by atoms with van der Waals surface area (Å²) in [4.78, 5) is 18.4. The molecule has 0 radical (unpaired) electrons. The van der Waals surface area contributed by atoms with Crippen LogP contribution in [-0.2, 0) is 4.79 Å². The van der Waals surface area contributed by atoms with E-state index in [9.17, 15) is 9.18 Å². The number of nitrogens with zero attached hydrogens (tertiary/aromatic N) is 2. The van der Waals surface area contributed by atoms with Crippen molar-refractivity contribution >= 4 is 47.4 Å². The van der Waals surface area contributed by atoms with Gasteiger partial charge in [-0.2, -0.15) is 0 Å². The maximum Gasteiger partial charge on any atom is 0.240 e. The van der Waals surface area contributed by atoms with Crippen LogP contribution < -0.4 is 10.6 Å². The van der Waals surface area contributed by atoms with Gasteiger partial charge in [-0.05, 0) is 46.2 Å². The first kappa shape index (κ1) is 23.9. The van der Waals surface area contributed by atoms with Crippen molar-refractivity contribution in [3.63, 3.8) is 0 Å². The minimum absolute atomic E-state index is 0. The van der Waals surface area contributed by atoms with Crippen LogP contribution >= 0.6 is 35.6 Å². The number of carbonyl (C=O) groups excluding carboxylic acids is 1. The van der Waals surface area contributed by atoms with Crippen LogP contribution in [0, 0.1) is 5.82 Å². The molecule has 1 amide bonds. The van der Waals surface area contributed by atoms with E-state index in [1.54, 1.807) is 17.0 Å². The van der Waals surface area contributed by atoms with Gasteiger partial charge < -0.3 is 15.5 Å². The smallest absolute Gasteiger partial charge is 0.240 e. The molecule has 1 saturated carbocycles. The van der Waals surface area contributed by atoms with Crippen molar-refractivity contribution in [2.75, 3.05) is 20.1 Å². The lowest BCUT2D eigenvalue weighted by molar-refractivity contribution is -0.122. The molecule has 0 saturated heterocycles.